The van der Waals surface area contributed by atoms with E-state index in [0.29, 0.717) is 12.2 Å². The van der Waals surface area contributed by atoms with Gasteiger partial charge < -0.3 is 10.2 Å². The molecule has 0 aliphatic heterocycles. The van der Waals surface area contributed by atoms with Crippen molar-refractivity contribution >= 4 is 29.3 Å². The van der Waals surface area contributed by atoms with Crippen LogP contribution >= 0.6 is 11.8 Å². The van der Waals surface area contributed by atoms with Gasteiger partial charge in [-0.05, 0) is 42.5 Å². The Labute approximate surface area is 203 Å². The van der Waals surface area contributed by atoms with E-state index >= 15 is 0 Å². The molecule has 9 heteroatoms. The van der Waals surface area contributed by atoms with E-state index in [1.54, 1.807) is 29.2 Å². The second kappa shape index (κ2) is 12.5. The topological polar surface area (TPSA) is 92.6 Å². The Morgan fingerprint density at radius 2 is 1.74 bits per heavy atom. The maximum atomic E-state index is 13.4. The lowest BCUT2D eigenvalue weighted by Gasteiger charge is -2.31. The minimum absolute atomic E-state index is 0.0226. The van der Waals surface area contributed by atoms with E-state index in [2.05, 4.69) is 5.32 Å². The summed E-state index contributed by atoms with van der Waals surface area (Å²) in [4.78, 5) is 38.3. The fraction of sp³-hybridized carbons (Fsp3) is 0.440. The standard InChI is InChI=1S/C25H30FN3O4S/c1-2-23(25(31)27-21-5-3-4-6-21)28(15-18-7-11-20(26)12-8-18)24(30)17-34-16-19-9-13-22(14-10-19)29(32)33/h7-14,21,23H,2-6,15-17H2,1H3,(H,27,31)/t23-/m1/s1. The fourth-order valence-corrected chi connectivity index (χ4v) is 5.00. The Hall–Kier alpha value is -2.94. The van der Waals surface area contributed by atoms with E-state index in [0.717, 1.165) is 36.8 Å². The highest BCUT2D eigenvalue weighted by molar-refractivity contribution is 7.99. The molecule has 0 saturated heterocycles. The third-order valence-electron chi connectivity index (χ3n) is 6.00. The predicted molar refractivity (Wildman–Crippen MR) is 131 cm³/mol. The summed E-state index contributed by atoms with van der Waals surface area (Å²) in [5.74, 6) is -0.00825. The molecule has 1 saturated carbocycles. The monoisotopic (exact) mass is 487 g/mol. The van der Waals surface area contributed by atoms with Crippen molar-refractivity contribution in [3.8, 4) is 0 Å². The summed E-state index contributed by atoms with van der Waals surface area (Å²) >= 11 is 1.39. The summed E-state index contributed by atoms with van der Waals surface area (Å²) in [6, 6.07) is 11.7. The van der Waals surface area contributed by atoms with Crippen LogP contribution in [0, 0.1) is 15.9 Å². The number of hydrogen-bond acceptors (Lipinski definition) is 5. The molecule has 2 aromatic rings. The van der Waals surface area contributed by atoms with E-state index in [4.69, 9.17) is 0 Å². The number of nitrogens with zero attached hydrogens (tertiary/aromatic N) is 2. The number of carbonyl (C=O) groups is 2. The predicted octanol–water partition coefficient (Wildman–Crippen LogP) is 4.83. The van der Waals surface area contributed by atoms with E-state index in [1.807, 2.05) is 6.92 Å². The molecule has 2 amide bonds. The lowest BCUT2D eigenvalue weighted by Crippen LogP contribution is -2.51. The van der Waals surface area contributed by atoms with Gasteiger partial charge in [0.05, 0.1) is 10.7 Å². The number of non-ortho nitro benzene ring substituents is 1. The van der Waals surface area contributed by atoms with Crippen molar-refractivity contribution in [1.29, 1.82) is 0 Å². The van der Waals surface area contributed by atoms with Gasteiger partial charge >= 0.3 is 0 Å². The van der Waals surface area contributed by atoms with Crippen LogP contribution in [0.25, 0.3) is 0 Å². The summed E-state index contributed by atoms with van der Waals surface area (Å²) in [6.07, 6.45) is 4.58. The molecule has 1 aliphatic rings. The Morgan fingerprint density at radius 3 is 2.32 bits per heavy atom. The smallest absolute Gasteiger partial charge is 0.269 e. The van der Waals surface area contributed by atoms with Crippen LogP contribution in [0.5, 0.6) is 0 Å². The number of nitro groups is 1. The first-order valence-electron chi connectivity index (χ1n) is 11.5. The van der Waals surface area contributed by atoms with Crippen LogP contribution in [0.4, 0.5) is 10.1 Å². The van der Waals surface area contributed by atoms with E-state index in [-0.39, 0.29) is 41.7 Å². The molecule has 7 nitrogen and oxygen atoms in total. The second-order valence-corrected chi connectivity index (χ2v) is 9.46. The molecule has 1 fully saturated rings. The number of nitrogens with one attached hydrogen (secondary N) is 1. The van der Waals surface area contributed by atoms with Gasteiger partial charge in [-0.1, -0.05) is 44.0 Å². The van der Waals surface area contributed by atoms with Crippen LogP contribution in [-0.4, -0.2) is 39.5 Å². The number of amides is 2. The van der Waals surface area contributed by atoms with Gasteiger partial charge in [0.25, 0.3) is 5.69 Å². The van der Waals surface area contributed by atoms with Crippen LogP contribution in [0.15, 0.2) is 48.5 Å². The Kier molecular flexibility index (Phi) is 9.44. The molecule has 0 heterocycles. The van der Waals surface area contributed by atoms with Crippen LogP contribution < -0.4 is 5.32 Å². The highest BCUT2D eigenvalue weighted by Crippen LogP contribution is 2.21. The largest absolute Gasteiger partial charge is 0.352 e. The first-order chi connectivity index (χ1) is 16.4. The summed E-state index contributed by atoms with van der Waals surface area (Å²) in [5.41, 5.74) is 1.65. The van der Waals surface area contributed by atoms with Crippen molar-refractivity contribution in [3.05, 3.63) is 75.6 Å². The van der Waals surface area contributed by atoms with Crippen molar-refractivity contribution in [1.82, 2.24) is 10.2 Å². The van der Waals surface area contributed by atoms with Gasteiger partial charge in [-0.2, -0.15) is 0 Å². The van der Waals surface area contributed by atoms with E-state index < -0.39 is 11.0 Å². The number of carbonyl (C=O) groups excluding carboxylic acids is 2. The van der Waals surface area contributed by atoms with Crippen molar-refractivity contribution in [2.45, 2.75) is 63.4 Å². The van der Waals surface area contributed by atoms with Gasteiger partial charge in [0, 0.05) is 30.5 Å². The van der Waals surface area contributed by atoms with Gasteiger partial charge in [-0.3, -0.25) is 19.7 Å². The highest BCUT2D eigenvalue weighted by atomic mass is 32.2. The molecule has 0 unspecified atom stereocenters. The molecule has 0 radical (unpaired) electrons. The van der Waals surface area contributed by atoms with Gasteiger partial charge in [0.15, 0.2) is 0 Å². The minimum atomic E-state index is -0.613. The normalized spacial score (nSPS) is 14.5. The minimum Gasteiger partial charge on any atom is -0.352 e. The van der Waals surface area contributed by atoms with Crippen LogP contribution in [0.1, 0.15) is 50.2 Å². The molecule has 2 aromatic carbocycles. The number of hydrogen-bond donors (Lipinski definition) is 1. The van der Waals surface area contributed by atoms with Crippen molar-refractivity contribution in [3.63, 3.8) is 0 Å². The third kappa shape index (κ3) is 7.28. The van der Waals surface area contributed by atoms with Crippen molar-refractivity contribution in [2.24, 2.45) is 0 Å². The van der Waals surface area contributed by atoms with Crippen molar-refractivity contribution in [2.75, 3.05) is 5.75 Å². The number of thioether (sulfide) groups is 1. The molecule has 3 rings (SSSR count). The van der Waals surface area contributed by atoms with Crippen LogP contribution in [0.2, 0.25) is 0 Å². The van der Waals surface area contributed by atoms with Crippen LogP contribution in [-0.2, 0) is 21.9 Å². The highest BCUT2D eigenvalue weighted by Gasteiger charge is 2.30. The number of nitro benzene ring substituents is 1. The molecule has 1 N–H and O–H groups in total. The Balaban J connectivity index is 1.67. The summed E-state index contributed by atoms with van der Waals surface area (Å²) in [7, 11) is 0. The first kappa shape index (κ1) is 25.7. The Morgan fingerprint density at radius 1 is 1.12 bits per heavy atom. The lowest BCUT2D eigenvalue weighted by atomic mass is 10.1. The molecule has 34 heavy (non-hydrogen) atoms. The summed E-state index contributed by atoms with van der Waals surface area (Å²) < 4.78 is 13.4. The zero-order chi connectivity index (χ0) is 24.5. The fourth-order valence-electron chi connectivity index (χ4n) is 4.13. The molecule has 1 atom stereocenters. The molecule has 1 aliphatic carbocycles. The molecule has 0 spiro atoms. The molecule has 0 bridgehead atoms. The van der Waals surface area contributed by atoms with Crippen LogP contribution in [0.3, 0.4) is 0 Å². The van der Waals surface area contributed by atoms with E-state index in [9.17, 15) is 24.1 Å². The zero-order valence-corrected chi connectivity index (χ0v) is 20.1. The summed E-state index contributed by atoms with van der Waals surface area (Å²) in [6.45, 7) is 2.10. The molecular formula is C25H30FN3O4S. The maximum absolute atomic E-state index is 13.4. The molecular weight excluding hydrogens is 457 g/mol. The molecule has 182 valence electrons. The average Bonchev–Trinajstić information content (AvgIpc) is 3.33. The quantitative estimate of drug-likeness (QED) is 0.362. The zero-order valence-electron chi connectivity index (χ0n) is 19.2. The second-order valence-electron chi connectivity index (χ2n) is 8.48. The lowest BCUT2D eigenvalue weighted by molar-refractivity contribution is -0.384. The summed E-state index contributed by atoms with van der Waals surface area (Å²) in [5, 5.41) is 13.9. The van der Waals surface area contributed by atoms with Gasteiger partial charge in [0.1, 0.15) is 11.9 Å². The van der Waals surface area contributed by atoms with E-state index in [1.165, 1.54) is 36.0 Å². The Bertz CT molecular complexity index is 979. The maximum Gasteiger partial charge on any atom is 0.269 e. The van der Waals surface area contributed by atoms with Gasteiger partial charge in [0.2, 0.25) is 11.8 Å². The molecule has 0 aromatic heterocycles. The number of halogens is 1. The SMILES string of the molecule is CC[C@H](C(=O)NC1CCCC1)N(Cc1ccc(F)cc1)C(=O)CSCc1ccc([N+](=O)[O-])cc1. The first-order valence-corrected chi connectivity index (χ1v) is 12.7. The number of benzene rings is 2. The van der Waals surface area contributed by atoms with Gasteiger partial charge in [-0.15, -0.1) is 11.8 Å². The third-order valence-corrected chi connectivity index (χ3v) is 6.98. The van der Waals surface area contributed by atoms with Gasteiger partial charge in [-0.25, -0.2) is 4.39 Å². The average molecular weight is 488 g/mol. The van der Waals surface area contributed by atoms with Crippen molar-refractivity contribution < 1.29 is 18.9 Å². The number of rotatable bonds is 11.